The molecule has 0 aliphatic rings. The molecule has 0 aliphatic carbocycles. The molecule has 1 aromatic carbocycles. The van der Waals surface area contributed by atoms with Gasteiger partial charge in [0.15, 0.2) is 0 Å². The van der Waals surface area contributed by atoms with Crippen LogP contribution in [0.2, 0.25) is 0 Å². The van der Waals surface area contributed by atoms with E-state index in [9.17, 15) is 9.90 Å². The molecule has 3 rings (SSSR count). The van der Waals surface area contributed by atoms with Crippen LogP contribution in [0.4, 0.5) is 0 Å². The van der Waals surface area contributed by atoms with Gasteiger partial charge in [-0.1, -0.05) is 30.3 Å². The van der Waals surface area contributed by atoms with Gasteiger partial charge in [0.1, 0.15) is 18.4 Å². The number of nitrogens with zero attached hydrogens (tertiary/aromatic N) is 3. The summed E-state index contributed by atoms with van der Waals surface area (Å²) in [6.45, 7) is 2.63. The van der Waals surface area contributed by atoms with E-state index in [2.05, 4.69) is 5.10 Å². The second kappa shape index (κ2) is 7.81. The molecular weight excluding hydrogens is 318 g/mol. The maximum Gasteiger partial charge on any atom is 0.244 e. The number of rotatable bonds is 7. The van der Waals surface area contributed by atoms with Crippen LogP contribution in [0.1, 0.15) is 23.0 Å². The van der Waals surface area contributed by atoms with Gasteiger partial charge in [0.2, 0.25) is 5.91 Å². The number of hydrogen-bond acceptors (Lipinski definition) is 4. The molecule has 0 saturated carbocycles. The summed E-state index contributed by atoms with van der Waals surface area (Å²) in [5, 5.41) is 14.5. The number of benzene rings is 1. The summed E-state index contributed by atoms with van der Waals surface area (Å²) in [6.07, 6.45) is 4.17. The maximum atomic E-state index is 12.8. The smallest absolute Gasteiger partial charge is 0.244 e. The van der Waals surface area contributed by atoms with Crippen molar-refractivity contribution in [3.8, 4) is 0 Å². The number of hydrogen-bond donors (Lipinski definition) is 1. The second-order valence-corrected chi connectivity index (χ2v) is 6.01. The lowest BCUT2D eigenvalue weighted by atomic mass is 10.2. The molecule has 25 heavy (non-hydrogen) atoms. The van der Waals surface area contributed by atoms with Gasteiger partial charge in [-0.15, -0.1) is 0 Å². The van der Waals surface area contributed by atoms with Crippen LogP contribution in [-0.4, -0.2) is 32.2 Å². The second-order valence-electron chi connectivity index (χ2n) is 6.01. The minimum absolute atomic E-state index is 0.113. The zero-order valence-corrected chi connectivity index (χ0v) is 14.1. The van der Waals surface area contributed by atoms with Crippen molar-refractivity contribution in [3.63, 3.8) is 0 Å². The van der Waals surface area contributed by atoms with E-state index in [1.807, 2.05) is 43.5 Å². The molecule has 6 nitrogen and oxygen atoms in total. The standard InChI is InChI=1S/C19H21N3O3/c1-15-10-20-22(11-15)14-19(24)21(12-16-6-3-2-4-7-16)13-17(23)18-8-5-9-25-18/h2-11,17,23H,12-14H2,1H3. The molecule has 2 aromatic heterocycles. The van der Waals surface area contributed by atoms with E-state index in [1.54, 1.807) is 27.9 Å². The van der Waals surface area contributed by atoms with Gasteiger partial charge >= 0.3 is 0 Å². The maximum absolute atomic E-state index is 12.8. The summed E-state index contributed by atoms with van der Waals surface area (Å²) in [5.74, 6) is 0.332. The molecule has 1 unspecified atom stereocenters. The van der Waals surface area contributed by atoms with E-state index in [-0.39, 0.29) is 19.0 Å². The lowest BCUT2D eigenvalue weighted by Gasteiger charge is -2.25. The molecule has 1 amide bonds. The summed E-state index contributed by atoms with van der Waals surface area (Å²) in [5.41, 5.74) is 2.00. The number of aryl methyl sites for hydroxylation is 1. The minimum Gasteiger partial charge on any atom is -0.467 e. The quantitative estimate of drug-likeness (QED) is 0.718. The third-order valence-electron chi connectivity index (χ3n) is 3.89. The first-order chi connectivity index (χ1) is 12.1. The molecule has 1 N–H and O–H groups in total. The monoisotopic (exact) mass is 339 g/mol. The van der Waals surface area contributed by atoms with E-state index in [0.717, 1.165) is 11.1 Å². The SMILES string of the molecule is Cc1cnn(CC(=O)N(Cc2ccccc2)CC(O)c2ccco2)c1. The average molecular weight is 339 g/mol. The van der Waals surface area contributed by atoms with Crippen LogP contribution < -0.4 is 0 Å². The fourth-order valence-electron chi connectivity index (χ4n) is 2.63. The van der Waals surface area contributed by atoms with Gasteiger partial charge in [-0.3, -0.25) is 9.48 Å². The van der Waals surface area contributed by atoms with Gasteiger partial charge in [0, 0.05) is 12.7 Å². The molecule has 0 bridgehead atoms. The minimum atomic E-state index is -0.873. The third-order valence-corrected chi connectivity index (χ3v) is 3.89. The van der Waals surface area contributed by atoms with Crippen LogP contribution in [0.5, 0.6) is 0 Å². The van der Waals surface area contributed by atoms with Crippen molar-refractivity contribution in [2.45, 2.75) is 26.1 Å². The van der Waals surface area contributed by atoms with Crippen molar-refractivity contribution in [2.24, 2.45) is 0 Å². The van der Waals surface area contributed by atoms with Crippen molar-refractivity contribution in [3.05, 3.63) is 78.0 Å². The number of carbonyl (C=O) groups is 1. The number of amides is 1. The Morgan fingerprint density at radius 2 is 2.08 bits per heavy atom. The van der Waals surface area contributed by atoms with Gasteiger partial charge in [-0.25, -0.2) is 0 Å². The number of carbonyl (C=O) groups excluding carboxylic acids is 1. The Kier molecular flexibility index (Phi) is 5.30. The summed E-state index contributed by atoms with van der Waals surface area (Å²) in [6, 6.07) is 13.1. The van der Waals surface area contributed by atoms with E-state index in [4.69, 9.17) is 4.42 Å². The topological polar surface area (TPSA) is 71.5 Å². The summed E-state index contributed by atoms with van der Waals surface area (Å²) in [7, 11) is 0. The lowest BCUT2D eigenvalue weighted by Crippen LogP contribution is -2.36. The predicted molar refractivity (Wildman–Crippen MR) is 92.5 cm³/mol. The Morgan fingerprint density at radius 1 is 1.28 bits per heavy atom. The molecule has 130 valence electrons. The van der Waals surface area contributed by atoms with Gasteiger partial charge in [0.25, 0.3) is 0 Å². The third kappa shape index (κ3) is 4.58. The average Bonchev–Trinajstić information content (AvgIpc) is 3.27. The van der Waals surface area contributed by atoms with Gasteiger partial charge in [-0.2, -0.15) is 5.10 Å². The highest BCUT2D eigenvalue weighted by Crippen LogP contribution is 2.17. The first kappa shape index (κ1) is 17.0. The highest BCUT2D eigenvalue weighted by molar-refractivity contribution is 5.76. The molecule has 0 aliphatic heterocycles. The van der Waals surface area contributed by atoms with Crippen LogP contribution in [0, 0.1) is 6.92 Å². The Balaban J connectivity index is 1.74. The van der Waals surface area contributed by atoms with E-state index >= 15 is 0 Å². The van der Waals surface area contributed by atoms with Gasteiger partial charge in [0.05, 0.1) is 19.0 Å². The normalized spacial score (nSPS) is 12.1. The number of aliphatic hydroxyl groups excluding tert-OH is 1. The fourth-order valence-corrected chi connectivity index (χ4v) is 2.63. The Labute approximate surface area is 146 Å². The lowest BCUT2D eigenvalue weighted by molar-refractivity contribution is -0.134. The van der Waals surface area contributed by atoms with E-state index in [0.29, 0.717) is 12.3 Å². The van der Waals surface area contributed by atoms with E-state index in [1.165, 1.54) is 6.26 Å². The van der Waals surface area contributed by atoms with Crippen molar-refractivity contribution in [1.82, 2.24) is 14.7 Å². The van der Waals surface area contributed by atoms with Gasteiger partial charge < -0.3 is 14.4 Å². The number of aromatic nitrogens is 2. The van der Waals surface area contributed by atoms with Crippen molar-refractivity contribution in [2.75, 3.05) is 6.54 Å². The first-order valence-electron chi connectivity index (χ1n) is 8.14. The fraction of sp³-hybridized carbons (Fsp3) is 0.263. The summed E-state index contributed by atoms with van der Waals surface area (Å²) < 4.78 is 6.85. The predicted octanol–water partition coefficient (Wildman–Crippen LogP) is 2.55. The van der Waals surface area contributed by atoms with Crippen LogP contribution in [0.3, 0.4) is 0 Å². The number of furan rings is 1. The summed E-state index contributed by atoms with van der Waals surface area (Å²) in [4.78, 5) is 14.4. The van der Waals surface area contributed by atoms with Crippen LogP contribution in [0.15, 0.2) is 65.5 Å². The zero-order chi connectivity index (χ0) is 17.6. The zero-order valence-electron chi connectivity index (χ0n) is 14.1. The first-order valence-corrected chi connectivity index (χ1v) is 8.14. The Hall–Kier alpha value is -2.86. The molecular formula is C19H21N3O3. The summed E-state index contributed by atoms with van der Waals surface area (Å²) >= 11 is 0. The molecule has 6 heteroatoms. The molecule has 0 fully saturated rings. The number of aliphatic hydroxyl groups is 1. The molecule has 2 heterocycles. The Morgan fingerprint density at radius 3 is 2.72 bits per heavy atom. The van der Waals surface area contributed by atoms with Gasteiger partial charge in [-0.05, 0) is 30.2 Å². The highest BCUT2D eigenvalue weighted by Gasteiger charge is 2.21. The van der Waals surface area contributed by atoms with Crippen molar-refractivity contribution in [1.29, 1.82) is 0 Å². The van der Waals surface area contributed by atoms with Crippen LogP contribution in [-0.2, 0) is 17.9 Å². The van der Waals surface area contributed by atoms with Crippen molar-refractivity contribution >= 4 is 5.91 Å². The molecule has 1 atom stereocenters. The van der Waals surface area contributed by atoms with E-state index < -0.39 is 6.10 Å². The van der Waals surface area contributed by atoms with Crippen LogP contribution >= 0.6 is 0 Å². The molecule has 0 saturated heterocycles. The molecule has 0 radical (unpaired) electrons. The molecule has 3 aromatic rings. The highest BCUT2D eigenvalue weighted by atomic mass is 16.4. The largest absolute Gasteiger partial charge is 0.467 e. The molecule has 0 spiro atoms. The van der Waals surface area contributed by atoms with Crippen molar-refractivity contribution < 1.29 is 14.3 Å². The Bertz CT molecular complexity index is 796. The van der Waals surface area contributed by atoms with Crippen LogP contribution in [0.25, 0.3) is 0 Å².